The number of hydrogen-bond donors (Lipinski definition) is 2. The maximum Gasteiger partial charge on any atom is 0.195 e. The Morgan fingerprint density at radius 1 is 1.21 bits per heavy atom. The lowest BCUT2D eigenvalue weighted by molar-refractivity contribution is 0.120. The summed E-state index contributed by atoms with van der Waals surface area (Å²) in [5, 5.41) is 6.78. The van der Waals surface area contributed by atoms with Gasteiger partial charge in [-0.25, -0.2) is 0 Å². The fourth-order valence-electron chi connectivity index (χ4n) is 3.01. The Morgan fingerprint density at radius 3 is 2.64 bits per heavy atom. The van der Waals surface area contributed by atoms with Crippen molar-refractivity contribution in [1.82, 2.24) is 15.1 Å². The molecular weight excluding hydrogens is 469 g/mol. The number of aliphatic imine (C=N–C) groups is 1. The molecule has 0 saturated carbocycles. The zero-order chi connectivity index (χ0) is 19.5. The van der Waals surface area contributed by atoms with E-state index in [9.17, 15) is 0 Å². The number of guanidine groups is 1. The van der Waals surface area contributed by atoms with Gasteiger partial charge in [0.15, 0.2) is 5.96 Å². The number of benzene rings is 1. The summed E-state index contributed by atoms with van der Waals surface area (Å²) in [5.74, 6) is 1.62. The first-order valence-electron chi connectivity index (χ1n) is 9.74. The number of likely N-dealkylation sites (N-methyl/N-ethyl adjacent to an activating group) is 1. The van der Waals surface area contributed by atoms with E-state index in [0.29, 0.717) is 19.3 Å². The molecule has 1 aliphatic heterocycles. The first kappa shape index (κ1) is 24.9. The summed E-state index contributed by atoms with van der Waals surface area (Å²) in [6, 6.07) is 8.41. The summed E-state index contributed by atoms with van der Waals surface area (Å²) in [5.41, 5.74) is 0.958. The number of ether oxygens (including phenoxy) is 2. The van der Waals surface area contributed by atoms with Gasteiger partial charge in [-0.2, -0.15) is 0 Å². The van der Waals surface area contributed by atoms with Gasteiger partial charge in [-0.15, -0.1) is 24.0 Å². The van der Waals surface area contributed by atoms with Gasteiger partial charge < -0.3 is 25.0 Å². The molecule has 0 bridgehead atoms. The second-order valence-electron chi connectivity index (χ2n) is 6.99. The molecule has 2 N–H and O–H groups in total. The molecule has 2 rings (SSSR count). The highest BCUT2D eigenvalue weighted by atomic mass is 127. The van der Waals surface area contributed by atoms with Gasteiger partial charge in [-0.1, -0.05) is 6.07 Å². The minimum atomic E-state index is 0. The monoisotopic (exact) mass is 505 g/mol. The number of nitrogens with one attached hydrogen (secondary N) is 2. The molecular formula is C20H36IN5O2. The number of rotatable bonds is 9. The van der Waals surface area contributed by atoms with Crippen LogP contribution in [0.2, 0.25) is 0 Å². The van der Waals surface area contributed by atoms with Crippen LogP contribution < -0.4 is 15.4 Å². The molecule has 1 fully saturated rings. The molecule has 0 amide bonds. The van der Waals surface area contributed by atoms with Crippen molar-refractivity contribution >= 4 is 35.6 Å². The molecule has 0 aromatic heterocycles. The molecule has 0 radical (unpaired) electrons. The van der Waals surface area contributed by atoms with E-state index in [1.807, 2.05) is 24.3 Å². The Hall–Kier alpha value is -1.10. The van der Waals surface area contributed by atoms with Crippen LogP contribution in [0.5, 0.6) is 5.75 Å². The summed E-state index contributed by atoms with van der Waals surface area (Å²) in [6.45, 7) is 8.98. The van der Waals surface area contributed by atoms with E-state index in [4.69, 9.17) is 9.47 Å². The lowest BCUT2D eigenvalue weighted by Crippen LogP contribution is -2.51. The number of methoxy groups -OCH3 is 1. The number of piperazine rings is 1. The van der Waals surface area contributed by atoms with Crippen molar-refractivity contribution in [3.05, 3.63) is 24.3 Å². The minimum Gasteiger partial charge on any atom is -0.493 e. The van der Waals surface area contributed by atoms with Crippen molar-refractivity contribution in [2.75, 3.05) is 72.5 Å². The average Bonchev–Trinajstić information content (AvgIpc) is 2.69. The highest BCUT2D eigenvalue weighted by Gasteiger charge is 2.19. The van der Waals surface area contributed by atoms with Crippen molar-refractivity contribution in [3.8, 4) is 5.75 Å². The molecule has 1 unspecified atom stereocenters. The quantitative estimate of drug-likeness (QED) is 0.233. The first-order valence-corrected chi connectivity index (χ1v) is 9.74. The maximum absolute atomic E-state index is 5.76. The molecule has 0 spiro atoms. The van der Waals surface area contributed by atoms with Gasteiger partial charge in [0.05, 0.1) is 6.61 Å². The number of nitrogens with zero attached hydrogens (tertiary/aromatic N) is 3. The van der Waals surface area contributed by atoms with E-state index in [1.165, 1.54) is 0 Å². The van der Waals surface area contributed by atoms with Crippen LogP contribution in [0.15, 0.2) is 29.3 Å². The summed E-state index contributed by atoms with van der Waals surface area (Å²) < 4.78 is 10.8. The van der Waals surface area contributed by atoms with Crippen LogP contribution in [0.3, 0.4) is 0 Å². The van der Waals surface area contributed by atoms with Crippen LogP contribution >= 0.6 is 24.0 Å². The van der Waals surface area contributed by atoms with Gasteiger partial charge in [-0.3, -0.25) is 9.89 Å². The third-order valence-electron chi connectivity index (χ3n) is 4.81. The lowest BCUT2D eigenvalue weighted by atomic mass is 10.2. The fourth-order valence-corrected chi connectivity index (χ4v) is 3.01. The van der Waals surface area contributed by atoms with Crippen molar-refractivity contribution in [3.63, 3.8) is 0 Å². The fraction of sp³-hybridized carbons (Fsp3) is 0.650. The van der Waals surface area contributed by atoms with Crippen LogP contribution in [0.4, 0.5) is 5.69 Å². The molecule has 1 saturated heterocycles. The number of halogens is 1. The molecule has 1 aromatic carbocycles. The number of anilines is 1. The van der Waals surface area contributed by atoms with Crippen LogP contribution in [0.25, 0.3) is 0 Å². The van der Waals surface area contributed by atoms with E-state index in [-0.39, 0.29) is 24.0 Å². The predicted octanol–water partition coefficient (Wildman–Crippen LogP) is 2.34. The summed E-state index contributed by atoms with van der Waals surface area (Å²) in [7, 11) is 5.68. The van der Waals surface area contributed by atoms with E-state index in [2.05, 4.69) is 39.4 Å². The second kappa shape index (κ2) is 14.0. The van der Waals surface area contributed by atoms with Crippen LogP contribution in [-0.2, 0) is 4.74 Å². The average molecular weight is 505 g/mol. The smallest absolute Gasteiger partial charge is 0.195 e. The third-order valence-corrected chi connectivity index (χ3v) is 4.81. The molecule has 7 nitrogen and oxygen atoms in total. The highest BCUT2D eigenvalue weighted by molar-refractivity contribution is 14.0. The Balaban J connectivity index is 0.00000392. The zero-order valence-corrected chi connectivity index (χ0v) is 19.9. The van der Waals surface area contributed by atoms with Gasteiger partial charge in [0.1, 0.15) is 5.75 Å². The first-order chi connectivity index (χ1) is 13.1. The van der Waals surface area contributed by atoms with E-state index in [1.54, 1.807) is 14.2 Å². The van der Waals surface area contributed by atoms with Gasteiger partial charge in [0, 0.05) is 77.7 Å². The van der Waals surface area contributed by atoms with E-state index in [0.717, 1.165) is 56.5 Å². The molecule has 28 heavy (non-hydrogen) atoms. The van der Waals surface area contributed by atoms with Crippen LogP contribution in [-0.4, -0.2) is 88.9 Å². The van der Waals surface area contributed by atoms with Crippen molar-refractivity contribution in [2.24, 2.45) is 4.99 Å². The van der Waals surface area contributed by atoms with Crippen molar-refractivity contribution < 1.29 is 9.47 Å². The zero-order valence-electron chi connectivity index (χ0n) is 17.6. The van der Waals surface area contributed by atoms with Gasteiger partial charge in [0.2, 0.25) is 0 Å². The molecule has 1 atom stereocenters. The topological polar surface area (TPSA) is 61.4 Å². The maximum atomic E-state index is 5.76. The second-order valence-corrected chi connectivity index (χ2v) is 6.99. The molecule has 0 aliphatic carbocycles. The predicted molar refractivity (Wildman–Crippen MR) is 127 cm³/mol. The normalized spacial score (nSPS) is 16.9. The Labute approximate surface area is 186 Å². The summed E-state index contributed by atoms with van der Waals surface area (Å²) in [6.07, 6.45) is 0.877. The minimum absolute atomic E-state index is 0. The molecule has 160 valence electrons. The summed E-state index contributed by atoms with van der Waals surface area (Å²) in [4.78, 5) is 9.24. The van der Waals surface area contributed by atoms with Gasteiger partial charge >= 0.3 is 0 Å². The van der Waals surface area contributed by atoms with E-state index < -0.39 is 0 Å². The van der Waals surface area contributed by atoms with Crippen LogP contribution in [0, 0.1) is 0 Å². The van der Waals surface area contributed by atoms with Crippen LogP contribution in [0.1, 0.15) is 13.3 Å². The van der Waals surface area contributed by atoms with Crippen molar-refractivity contribution in [1.29, 1.82) is 0 Å². The molecule has 1 heterocycles. The largest absolute Gasteiger partial charge is 0.493 e. The molecule has 8 heteroatoms. The Kier molecular flexibility index (Phi) is 12.4. The number of hydrogen-bond acceptors (Lipinski definition) is 5. The molecule has 1 aliphatic rings. The van der Waals surface area contributed by atoms with E-state index >= 15 is 0 Å². The highest BCUT2D eigenvalue weighted by Crippen LogP contribution is 2.17. The van der Waals surface area contributed by atoms with Gasteiger partial charge in [-0.05, 0) is 26.1 Å². The van der Waals surface area contributed by atoms with Crippen molar-refractivity contribution in [2.45, 2.75) is 19.4 Å². The van der Waals surface area contributed by atoms with Gasteiger partial charge in [0.25, 0.3) is 0 Å². The third kappa shape index (κ3) is 8.93. The Bertz CT molecular complexity index is 579. The standard InChI is InChI=1S/C20H35N5O2.HI/c1-17(25-11-9-24(3)10-12-25)16-22-20(21-2)23-18-7-5-8-19(15-18)27-14-6-13-26-4;/h5,7-8,15,17H,6,9-14,16H2,1-4H3,(H2,21,22,23);1H. The molecule has 1 aromatic rings. The SMILES string of the molecule is CN=C(NCC(C)N1CCN(C)CC1)Nc1cccc(OCCCOC)c1.I. The Morgan fingerprint density at radius 2 is 1.96 bits per heavy atom. The lowest BCUT2D eigenvalue weighted by Gasteiger charge is -2.36. The summed E-state index contributed by atoms with van der Waals surface area (Å²) >= 11 is 0.